The highest BCUT2D eigenvalue weighted by molar-refractivity contribution is 6.37. The first kappa shape index (κ1) is 20.8. The van der Waals surface area contributed by atoms with Crippen LogP contribution in [0.3, 0.4) is 0 Å². The van der Waals surface area contributed by atoms with Crippen LogP contribution in [0.2, 0.25) is 5.02 Å². The van der Waals surface area contributed by atoms with Crippen LogP contribution < -0.4 is 10.9 Å². The molecular weight excluding hydrogens is 426 g/mol. The van der Waals surface area contributed by atoms with Gasteiger partial charge in [0, 0.05) is 23.5 Å². The predicted octanol–water partition coefficient (Wildman–Crippen LogP) is 5.09. The van der Waals surface area contributed by atoms with Gasteiger partial charge in [0.25, 0.3) is 11.5 Å². The molecule has 1 saturated carbocycles. The van der Waals surface area contributed by atoms with Gasteiger partial charge in [-0.2, -0.15) is 0 Å². The van der Waals surface area contributed by atoms with Gasteiger partial charge in [0.2, 0.25) is 0 Å². The molecule has 0 spiro atoms. The summed E-state index contributed by atoms with van der Waals surface area (Å²) in [7, 11) is 0. The van der Waals surface area contributed by atoms with E-state index in [1.165, 1.54) is 0 Å². The SMILES string of the molecule is Cc1onc2c1c(=O)n(CC1CCCC(NC(=O)c3ccccc3)C1)c1cccc(Cl)c21. The topological polar surface area (TPSA) is 77.1 Å². The zero-order chi connectivity index (χ0) is 22.2. The number of carbonyl (C=O) groups excluding carboxylic acids is 1. The smallest absolute Gasteiger partial charge is 0.264 e. The standard InChI is InChI=1S/C25H24ClN3O3/c1-15-21-23(28-32-15)22-19(26)11-6-12-20(22)29(25(21)31)14-16-7-5-10-18(13-16)27-24(30)17-8-3-2-4-9-17/h2-4,6,8-9,11-12,16,18H,5,7,10,13-14H2,1H3,(H,27,30). The van der Waals surface area contributed by atoms with Crippen molar-refractivity contribution in [3.8, 4) is 0 Å². The molecule has 0 bridgehead atoms. The Morgan fingerprint density at radius 3 is 2.78 bits per heavy atom. The number of aromatic nitrogens is 2. The summed E-state index contributed by atoms with van der Waals surface area (Å²) in [4.78, 5) is 26.0. The number of fused-ring (bicyclic) bond motifs is 3. The lowest BCUT2D eigenvalue weighted by atomic mass is 9.85. The van der Waals surface area contributed by atoms with Crippen molar-refractivity contribution in [3.05, 3.63) is 75.2 Å². The number of benzene rings is 2. The van der Waals surface area contributed by atoms with Gasteiger partial charge >= 0.3 is 0 Å². The summed E-state index contributed by atoms with van der Waals surface area (Å²) in [6, 6.07) is 14.9. The molecule has 164 valence electrons. The molecule has 2 heterocycles. The first-order valence-corrected chi connectivity index (χ1v) is 11.3. The third-order valence-corrected chi connectivity index (χ3v) is 6.75. The number of pyridine rings is 1. The van der Waals surface area contributed by atoms with E-state index in [4.69, 9.17) is 16.1 Å². The molecule has 5 rings (SSSR count). The van der Waals surface area contributed by atoms with E-state index in [1.54, 1.807) is 17.6 Å². The molecular formula is C25H24ClN3O3. The van der Waals surface area contributed by atoms with Crippen molar-refractivity contribution < 1.29 is 9.32 Å². The molecule has 0 saturated heterocycles. The van der Waals surface area contributed by atoms with Gasteiger partial charge in [0.05, 0.1) is 10.5 Å². The second-order valence-electron chi connectivity index (χ2n) is 8.58. The molecule has 1 aliphatic rings. The van der Waals surface area contributed by atoms with Crippen molar-refractivity contribution in [2.75, 3.05) is 0 Å². The Bertz CT molecular complexity index is 1360. The third kappa shape index (κ3) is 3.69. The van der Waals surface area contributed by atoms with Crippen LogP contribution in [0.5, 0.6) is 0 Å². The van der Waals surface area contributed by atoms with Crippen LogP contribution in [0.4, 0.5) is 0 Å². The lowest BCUT2D eigenvalue weighted by Crippen LogP contribution is -2.39. The van der Waals surface area contributed by atoms with Crippen LogP contribution in [0, 0.1) is 12.8 Å². The number of nitrogens with zero attached hydrogens (tertiary/aromatic N) is 2. The Balaban J connectivity index is 1.44. The summed E-state index contributed by atoms with van der Waals surface area (Å²) in [5.41, 5.74) is 1.84. The Hall–Kier alpha value is -3.12. The minimum Gasteiger partial charge on any atom is -0.360 e. The average Bonchev–Trinajstić information content (AvgIpc) is 3.19. The molecule has 2 unspecified atom stereocenters. The first-order chi connectivity index (χ1) is 15.5. The second kappa shape index (κ2) is 8.43. The molecule has 2 aromatic heterocycles. The maximum absolute atomic E-state index is 13.4. The average molecular weight is 450 g/mol. The molecule has 0 aliphatic heterocycles. The Morgan fingerprint density at radius 2 is 1.97 bits per heavy atom. The normalized spacial score (nSPS) is 18.8. The van der Waals surface area contributed by atoms with Crippen LogP contribution in [0.25, 0.3) is 21.8 Å². The zero-order valence-corrected chi connectivity index (χ0v) is 18.6. The molecule has 4 aromatic rings. The van der Waals surface area contributed by atoms with E-state index in [9.17, 15) is 9.59 Å². The zero-order valence-electron chi connectivity index (χ0n) is 17.8. The van der Waals surface area contributed by atoms with Gasteiger partial charge in [0.15, 0.2) is 0 Å². The van der Waals surface area contributed by atoms with E-state index < -0.39 is 0 Å². The van der Waals surface area contributed by atoms with Gasteiger partial charge < -0.3 is 14.4 Å². The van der Waals surface area contributed by atoms with Crippen molar-refractivity contribution in [2.45, 2.75) is 45.2 Å². The fourth-order valence-corrected chi connectivity index (χ4v) is 5.16. The van der Waals surface area contributed by atoms with Crippen molar-refractivity contribution in [1.29, 1.82) is 0 Å². The summed E-state index contributed by atoms with van der Waals surface area (Å²) >= 11 is 6.51. The molecule has 6 nitrogen and oxygen atoms in total. The van der Waals surface area contributed by atoms with Gasteiger partial charge in [-0.25, -0.2) is 0 Å². The van der Waals surface area contributed by atoms with Gasteiger partial charge in [-0.1, -0.05) is 47.4 Å². The summed E-state index contributed by atoms with van der Waals surface area (Å²) in [5, 5.41) is 9.05. The predicted molar refractivity (Wildman–Crippen MR) is 125 cm³/mol. The fourth-order valence-electron chi connectivity index (χ4n) is 4.90. The third-order valence-electron chi connectivity index (χ3n) is 6.44. The van der Waals surface area contributed by atoms with Crippen molar-refractivity contribution in [2.24, 2.45) is 5.92 Å². The summed E-state index contributed by atoms with van der Waals surface area (Å²) in [5.74, 6) is 0.715. The number of halogens is 1. The number of aryl methyl sites for hydroxylation is 1. The Morgan fingerprint density at radius 1 is 1.16 bits per heavy atom. The number of hydrogen-bond acceptors (Lipinski definition) is 4. The first-order valence-electron chi connectivity index (χ1n) is 11.0. The van der Waals surface area contributed by atoms with E-state index >= 15 is 0 Å². The van der Waals surface area contributed by atoms with Crippen molar-refractivity contribution >= 4 is 39.3 Å². The summed E-state index contributed by atoms with van der Waals surface area (Å²) in [6.07, 6.45) is 3.79. The lowest BCUT2D eigenvalue weighted by molar-refractivity contribution is 0.0917. The molecule has 1 N–H and O–H groups in total. The minimum absolute atomic E-state index is 0.0489. The van der Waals surface area contributed by atoms with Gasteiger partial charge in [0.1, 0.15) is 16.7 Å². The van der Waals surface area contributed by atoms with E-state index in [0.29, 0.717) is 33.8 Å². The van der Waals surface area contributed by atoms with Crippen LogP contribution in [-0.2, 0) is 6.54 Å². The van der Waals surface area contributed by atoms with Crippen LogP contribution in [-0.4, -0.2) is 21.7 Å². The quantitative estimate of drug-likeness (QED) is 0.470. The number of rotatable bonds is 4. The van der Waals surface area contributed by atoms with Gasteiger partial charge in [-0.3, -0.25) is 9.59 Å². The maximum atomic E-state index is 13.4. The highest BCUT2D eigenvalue weighted by atomic mass is 35.5. The molecule has 7 heteroatoms. The summed E-state index contributed by atoms with van der Waals surface area (Å²) < 4.78 is 7.14. The molecule has 32 heavy (non-hydrogen) atoms. The van der Waals surface area contributed by atoms with E-state index in [2.05, 4.69) is 10.5 Å². The van der Waals surface area contributed by atoms with Crippen molar-refractivity contribution in [3.63, 3.8) is 0 Å². The highest BCUT2D eigenvalue weighted by Crippen LogP contribution is 2.32. The second-order valence-corrected chi connectivity index (χ2v) is 8.99. The Labute approximate surface area is 190 Å². The van der Waals surface area contributed by atoms with Gasteiger partial charge in [-0.15, -0.1) is 0 Å². The maximum Gasteiger partial charge on any atom is 0.264 e. The monoisotopic (exact) mass is 449 g/mol. The number of hydrogen-bond donors (Lipinski definition) is 1. The number of nitrogens with one attached hydrogen (secondary N) is 1. The molecule has 1 fully saturated rings. The highest BCUT2D eigenvalue weighted by Gasteiger charge is 2.26. The van der Waals surface area contributed by atoms with E-state index in [-0.39, 0.29) is 23.4 Å². The largest absolute Gasteiger partial charge is 0.360 e. The van der Waals surface area contributed by atoms with Crippen LogP contribution >= 0.6 is 11.6 Å². The molecule has 2 aromatic carbocycles. The van der Waals surface area contributed by atoms with E-state index in [1.807, 2.05) is 42.5 Å². The van der Waals surface area contributed by atoms with Crippen molar-refractivity contribution in [1.82, 2.24) is 15.0 Å². The van der Waals surface area contributed by atoms with Crippen LogP contribution in [0.1, 0.15) is 41.8 Å². The van der Waals surface area contributed by atoms with Crippen LogP contribution in [0.15, 0.2) is 57.8 Å². The fraction of sp³-hybridized carbons (Fsp3) is 0.320. The Kier molecular flexibility index (Phi) is 5.47. The number of amides is 1. The van der Waals surface area contributed by atoms with Gasteiger partial charge in [-0.05, 0) is 56.4 Å². The lowest BCUT2D eigenvalue weighted by Gasteiger charge is -2.30. The summed E-state index contributed by atoms with van der Waals surface area (Å²) in [6.45, 7) is 2.31. The molecule has 0 radical (unpaired) electrons. The minimum atomic E-state index is -0.107. The number of carbonyl (C=O) groups is 1. The molecule has 1 aliphatic carbocycles. The van der Waals surface area contributed by atoms with E-state index in [0.717, 1.165) is 36.6 Å². The molecule has 1 amide bonds. The molecule has 2 atom stereocenters.